The molecule has 1 aliphatic rings. The second-order valence-corrected chi connectivity index (χ2v) is 7.96. The summed E-state index contributed by atoms with van der Waals surface area (Å²) < 4.78 is 27.0. The van der Waals surface area contributed by atoms with Crippen molar-refractivity contribution < 1.29 is 8.42 Å². The van der Waals surface area contributed by atoms with Gasteiger partial charge >= 0.3 is 0 Å². The number of hydrogen-bond acceptors (Lipinski definition) is 3. The van der Waals surface area contributed by atoms with Crippen LogP contribution < -0.4 is 9.62 Å². The molecule has 2 aromatic rings. The quantitative estimate of drug-likeness (QED) is 0.912. The van der Waals surface area contributed by atoms with Crippen LogP contribution in [-0.4, -0.2) is 15.5 Å². The molecular formula is C19H20N2O2S. The Balaban J connectivity index is 2.01. The predicted molar refractivity (Wildman–Crippen MR) is 99.6 cm³/mol. The van der Waals surface area contributed by atoms with Crippen LogP contribution in [0.25, 0.3) is 5.57 Å². The largest absolute Gasteiger partial charge is 0.356 e. The normalized spacial score (nSPS) is 13.8. The molecule has 124 valence electrons. The predicted octanol–water partition coefficient (Wildman–Crippen LogP) is 4.16. The highest BCUT2D eigenvalue weighted by Gasteiger charge is 2.22. The summed E-state index contributed by atoms with van der Waals surface area (Å²) in [4.78, 5) is 0.284. The molecule has 0 radical (unpaired) electrons. The van der Waals surface area contributed by atoms with E-state index in [1.807, 2.05) is 32.1 Å². The van der Waals surface area contributed by atoms with E-state index in [9.17, 15) is 8.42 Å². The standard InChI is InChI=1S/C19H20N2O2S/c1-13-5-8-17(9-6-13)24(22,23)21(4)16-7-10-19-18(12-16)14(2)11-15(3)20-19/h5-12,20H,3H2,1-2,4H3. The summed E-state index contributed by atoms with van der Waals surface area (Å²) in [5.74, 6) is 0. The van der Waals surface area contributed by atoms with E-state index in [0.29, 0.717) is 5.69 Å². The van der Waals surface area contributed by atoms with Crippen molar-refractivity contribution in [3.05, 3.63) is 71.9 Å². The van der Waals surface area contributed by atoms with Crippen molar-refractivity contribution in [2.75, 3.05) is 16.7 Å². The molecule has 0 amide bonds. The zero-order chi connectivity index (χ0) is 17.5. The molecule has 1 aliphatic heterocycles. The Bertz CT molecular complexity index is 942. The van der Waals surface area contributed by atoms with Gasteiger partial charge in [-0.1, -0.05) is 24.3 Å². The third-order valence-electron chi connectivity index (χ3n) is 4.16. The maximum atomic E-state index is 12.8. The molecule has 4 nitrogen and oxygen atoms in total. The number of sulfonamides is 1. The lowest BCUT2D eigenvalue weighted by molar-refractivity contribution is 0.594. The van der Waals surface area contributed by atoms with E-state index in [4.69, 9.17) is 0 Å². The van der Waals surface area contributed by atoms with Crippen molar-refractivity contribution in [1.82, 2.24) is 0 Å². The van der Waals surface area contributed by atoms with Gasteiger partial charge in [-0.15, -0.1) is 0 Å². The Morgan fingerprint density at radius 1 is 1.04 bits per heavy atom. The molecule has 3 rings (SSSR count). The van der Waals surface area contributed by atoms with Gasteiger partial charge < -0.3 is 5.32 Å². The lowest BCUT2D eigenvalue weighted by Gasteiger charge is -2.24. The number of nitrogens with one attached hydrogen (secondary N) is 1. The molecule has 0 aliphatic carbocycles. The summed E-state index contributed by atoms with van der Waals surface area (Å²) >= 11 is 0. The van der Waals surface area contributed by atoms with Gasteiger partial charge in [0, 0.05) is 24.0 Å². The third-order valence-corrected chi connectivity index (χ3v) is 5.96. The first kappa shape index (κ1) is 16.3. The van der Waals surface area contributed by atoms with E-state index in [2.05, 4.69) is 11.9 Å². The van der Waals surface area contributed by atoms with Gasteiger partial charge in [0.2, 0.25) is 0 Å². The first-order chi connectivity index (χ1) is 11.3. The topological polar surface area (TPSA) is 49.4 Å². The number of aryl methyl sites for hydroxylation is 1. The molecule has 0 saturated carbocycles. The minimum absolute atomic E-state index is 0.284. The van der Waals surface area contributed by atoms with Crippen molar-refractivity contribution in [2.45, 2.75) is 18.7 Å². The van der Waals surface area contributed by atoms with Crippen LogP contribution in [0.3, 0.4) is 0 Å². The van der Waals surface area contributed by atoms with E-state index in [0.717, 1.165) is 28.1 Å². The Morgan fingerprint density at radius 3 is 2.38 bits per heavy atom. The second-order valence-electron chi connectivity index (χ2n) is 5.99. The van der Waals surface area contributed by atoms with Crippen molar-refractivity contribution in [1.29, 1.82) is 0 Å². The molecule has 0 atom stereocenters. The SMILES string of the molecule is C=C1C=C(C)c2cc(N(C)S(=O)(=O)c3ccc(C)cc3)ccc2N1. The fourth-order valence-corrected chi connectivity index (χ4v) is 3.91. The van der Waals surface area contributed by atoms with E-state index >= 15 is 0 Å². The molecule has 0 unspecified atom stereocenters. The minimum atomic E-state index is -3.59. The van der Waals surface area contributed by atoms with Crippen molar-refractivity contribution in [3.63, 3.8) is 0 Å². The lowest BCUT2D eigenvalue weighted by Crippen LogP contribution is -2.26. The zero-order valence-corrected chi connectivity index (χ0v) is 14.8. The number of benzene rings is 2. The first-order valence-electron chi connectivity index (χ1n) is 7.63. The Morgan fingerprint density at radius 2 is 1.71 bits per heavy atom. The second kappa shape index (κ2) is 5.83. The highest BCUT2D eigenvalue weighted by molar-refractivity contribution is 7.92. The number of nitrogens with zero attached hydrogens (tertiary/aromatic N) is 1. The molecule has 0 fully saturated rings. The number of anilines is 2. The van der Waals surface area contributed by atoms with Crippen molar-refractivity contribution in [3.8, 4) is 0 Å². The summed E-state index contributed by atoms with van der Waals surface area (Å²) in [7, 11) is -2.01. The zero-order valence-electron chi connectivity index (χ0n) is 14.0. The lowest BCUT2D eigenvalue weighted by atomic mass is 10.00. The summed E-state index contributed by atoms with van der Waals surface area (Å²) in [5.41, 5.74) is 5.44. The Hall–Kier alpha value is -2.53. The smallest absolute Gasteiger partial charge is 0.264 e. The fourth-order valence-electron chi connectivity index (χ4n) is 2.72. The van der Waals surface area contributed by atoms with E-state index in [1.54, 1.807) is 37.4 Å². The van der Waals surface area contributed by atoms with Gasteiger partial charge in [-0.3, -0.25) is 4.31 Å². The molecule has 1 N–H and O–H groups in total. The number of hydrogen-bond donors (Lipinski definition) is 1. The molecule has 24 heavy (non-hydrogen) atoms. The molecule has 0 bridgehead atoms. The van der Waals surface area contributed by atoms with E-state index in [1.165, 1.54) is 4.31 Å². The van der Waals surface area contributed by atoms with Crippen LogP contribution in [0.15, 0.2) is 65.7 Å². The average Bonchev–Trinajstić information content (AvgIpc) is 2.54. The summed E-state index contributed by atoms with van der Waals surface area (Å²) in [6, 6.07) is 12.4. The first-order valence-corrected chi connectivity index (χ1v) is 9.07. The van der Waals surface area contributed by atoms with Crippen LogP contribution in [0.4, 0.5) is 11.4 Å². The number of rotatable bonds is 3. The maximum absolute atomic E-state index is 12.8. The van der Waals surface area contributed by atoms with Crippen LogP contribution in [-0.2, 0) is 10.0 Å². The highest BCUT2D eigenvalue weighted by atomic mass is 32.2. The minimum Gasteiger partial charge on any atom is -0.356 e. The van der Waals surface area contributed by atoms with E-state index in [-0.39, 0.29) is 4.90 Å². The van der Waals surface area contributed by atoms with Crippen LogP contribution in [0.2, 0.25) is 0 Å². The third kappa shape index (κ3) is 2.83. The van der Waals surface area contributed by atoms with Crippen LogP contribution in [0, 0.1) is 6.92 Å². The molecule has 0 aromatic heterocycles. The number of allylic oxidation sites excluding steroid dienone is 2. The Kier molecular flexibility index (Phi) is 3.97. The van der Waals surface area contributed by atoms with Gasteiger partial charge in [0.1, 0.15) is 0 Å². The molecule has 5 heteroatoms. The van der Waals surface area contributed by atoms with Crippen molar-refractivity contribution >= 4 is 27.0 Å². The van der Waals surface area contributed by atoms with Crippen LogP contribution >= 0.6 is 0 Å². The average molecular weight is 340 g/mol. The van der Waals surface area contributed by atoms with Gasteiger partial charge in [-0.25, -0.2) is 8.42 Å². The summed E-state index contributed by atoms with van der Waals surface area (Å²) in [6.07, 6.45) is 1.95. The van der Waals surface area contributed by atoms with Gasteiger partial charge in [-0.2, -0.15) is 0 Å². The fraction of sp³-hybridized carbons (Fsp3) is 0.158. The molecule has 1 heterocycles. The summed E-state index contributed by atoms with van der Waals surface area (Å²) in [5, 5.41) is 3.19. The molecular weight excluding hydrogens is 320 g/mol. The monoisotopic (exact) mass is 340 g/mol. The number of fused-ring (bicyclic) bond motifs is 1. The van der Waals surface area contributed by atoms with Crippen LogP contribution in [0.1, 0.15) is 18.1 Å². The summed E-state index contributed by atoms with van der Waals surface area (Å²) in [6.45, 7) is 7.83. The van der Waals surface area contributed by atoms with Crippen molar-refractivity contribution in [2.24, 2.45) is 0 Å². The highest BCUT2D eigenvalue weighted by Crippen LogP contribution is 2.34. The van der Waals surface area contributed by atoms with E-state index < -0.39 is 10.0 Å². The van der Waals surface area contributed by atoms with Gasteiger partial charge in [0.25, 0.3) is 10.0 Å². The van der Waals surface area contributed by atoms with Gasteiger partial charge in [0.05, 0.1) is 10.6 Å². The molecule has 0 spiro atoms. The Labute approximate surface area is 143 Å². The molecule has 0 saturated heterocycles. The molecule has 2 aromatic carbocycles. The van der Waals surface area contributed by atoms with Crippen LogP contribution in [0.5, 0.6) is 0 Å². The van der Waals surface area contributed by atoms with Gasteiger partial charge in [0.15, 0.2) is 0 Å². The van der Waals surface area contributed by atoms with Gasteiger partial charge in [-0.05, 0) is 55.8 Å². The maximum Gasteiger partial charge on any atom is 0.264 e.